The van der Waals surface area contributed by atoms with Gasteiger partial charge in [-0.05, 0) is 49.8 Å². The molecule has 3 atom stereocenters. The lowest BCUT2D eigenvalue weighted by Crippen LogP contribution is -2.48. The van der Waals surface area contributed by atoms with Crippen LogP contribution in [0.2, 0.25) is 0 Å². The number of carbonyl (C=O) groups excluding carboxylic acids is 2. The zero-order chi connectivity index (χ0) is 19.5. The van der Waals surface area contributed by atoms with Crippen LogP contribution in [-0.4, -0.2) is 45.3 Å². The van der Waals surface area contributed by atoms with E-state index in [0.29, 0.717) is 23.8 Å². The molecule has 2 aliphatic rings. The Morgan fingerprint density at radius 2 is 1.96 bits per heavy atom. The van der Waals surface area contributed by atoms with Crippen molar-refractivity contribution in [3.8, 4) is 0 Å². The highest BCUT2D eigenvalue weighted by molar-refractivity contribution is 5.96. The van der Waals surface area contributed by atoms with Crippen molar-refractivity contribution < 1.29 is 9.59 Å². The molecule has 2 bridgehead atoms. The van der Waals surface area contributed by atoms with Crippen LogP contribution in [0.5, 0.6) is 0 Å². The summed E-state index contributed by atoms with van der Waals surface area (Å²) in [6.07, 6.45) is 8.90. The largest absolute Gasteiger partial charge is 0.356 e. The van der Waals surface area contributed by atoms with Gasteiger partial charge in [0.1, 0.15) is 5.82 Å². The summed E-state index contributed by atoms with van der Waals surface area (Å²) < 4.78 is 0. The summed E-state index contributed by atoms with van der Waals surface area (Å²) in [7, 11) is 0. The number of hydrogen-bond acceptors (Lipinski definition) is 5. The highest BCUT2D eigenvalue weighted by Gasteiger charge is 2.43. The summed E-state index contributed by atoms with van der Waals surface area (Å²) in [4.78, 5) is 34.8. The van der Waals surface area contributed by atoms with Gasteiger partial charge in [0, 0.05) is 49.2 Å². The molecule has 28 heavy (non-hydrogen) atoms. The Bertz CT molecular complexity index is 843. The zero-order valence-corrected chi connectivity index (χ0v) is 16.0. The summed E-state index contributed by atoms with van der Waals surface area (Å²) in [5, 5.41) is 6.12. The molecular formula is C21H25N5O2. The molecule has 2 amide bonds. The average molecular weight is 379 g/mol. The number of nitrogens with zero attached hydrogens (tertiary/aromatic N) is 3. The first-order valence-electron chi connectivity index (χ1n) is 9.80. The molecular weight excluding hydrogens is 354 g/mol. The minimum Gasteiger partial charge on any atom is -0.356 e. The molecule has 2 N–H and O–H groups in total. The minimum atomic E-state index is 0.0123. The molecule has 0 radical (unpaired) electrons. The molecule has 0 spiro atoms. The van der Waals surface area contributed by atoms with E-state index >= 15 is 0 Å². The standard InChI is InChI=1S/C21H25N5O2/c1-14(27)24-12-15-9-18-5-6-19(10-15)26(18)21(28)16-3-2-4-17(11-16)25-20-13-22-7-8-23-20/h2-4,7-8,11,13,15,18-19H,5-6,9-10,12H2,1H3,(H,23,25)(H,24,27)/t15?,18-,19+. The van der Waals surface area contributed by atoms with E-state index in [9.17, 15) is 9.59 Å². The van der Waals surface area contributed by atoms with Crippen molar-refractivity contribution in [2.24, 2.45) is 5.92 Å². The van der Waals surface area contributed by atoms with Crippen molar-refractivity contribution >= 4 is 23.3 Å². The molecule has 2 saturated heterocycles. The second-order valence-electron chi connectivity index (χ2n) is 7.67. The molecule has 2 aromatic rings. The molecule has 1 aromatic heterocycles. The van der Waals surface area contributed by atoms with Gasteiger partial charge in [0.05, 0.1) is 6.20 Å². The summed E-state index contributed by atoms with van der Waals surface area (Å²) in [6.45, 7) is 2.26. The van der Waals surface area contributed by atoms with Gasteiger partial charge < -0.3 is 15.5 Å². The van der Waals surface area contributed by atoms with Crippen LogP contribution in [0.25, 0.3) is 0 Å². The van der Waals surface area contributed by atoms with Crippen LogP contribution < -0.4 is 10.6 Å². The second-order valence-corrected chi connectivity index (χ2v) is 7.67. The predicted molar refractivity (Wildman–Crippen MR) is 106 cm³/mol. The van der Waals surface area contributed by atoms with E-state index in [-0.39, 0.29) is 23.9 Å². The first kappa shape index (κ1) is 18.4. The van der Waals surface area contributed by atoms with Gasteiger partial charge in [-0.3, -0.25) is 14.6 Å². The monoisotopic (exact) mass is 379 g/mol. The first-order chi connectivity index (χ1) is 13.6. The van der Waals surface area contributed by atoms with Crippen LogP contribution in [0.3, 0.4) is 0 Å². The van der Waals surface area contributed by atoms with Gasteiger partial charge in [0.15, 0.2) is 0 Å². The van der Waals surface area contributed by atoms with E-state index in [1.54, 1.807) is 25.5 Å². The van der Waals surface area contributed by atoms with E-state index in [1.165, 1.54) is 0 Å². The predicted octanol–water partition coefficient (Wildman–Crippen LogP) is 2.74. The van der Waals surface area contributed by atoms with Crippen LogP contribution in [0.1, 0.15) is 43.0 Å². The Kier molecular flexibility index (Phi) is 5.23. The van der Waals surface area contributed by atoms with E-state index in [4.69, 9.17) is 0 Å². The lowest BCUT2D eigenvalue weighted by Gasteiger charge is -2.39. The van der Waals surface area contributed by atoms with Gasteiger partial charge in [-0.15, -0.1) is 0 Å². The lowest BCUT2D eigenvalue weighted by molar-refractivity contribution is -0.119. The van der Waals surface area contributed by atoms with Crippen LogP contribution in [0, 0.1) is 5.92 Å². The molecule has 4 rings (SSSR count). The topological polar surface area (TPSA) is 87.2 Å². The molecule has 2 aliphatic heterocycles. The maximum Gasteiger partial charge on any atom is 0.254 e. The maximum atomic E-state index is 13.2. The molecule has 1 aromatic carbocycles. The first-order valence-corrected chi connectivity index (χ1v) is 9.80. The Labute approximate surface area is 164 Å². The number of rotatable bonds is 5. The molecule has 7 nitrogen and oxygen atoms in total. The fourth-order valence-corrected chi connectivity index (χ4v) is 4.47. The van der Waals surface area contributed by atoms with Crippen molar-refractivity contribution in [1.82, 2.24) is 20.2 Å². The summed E-state index contributed by atoms with van der Waals surface area (Å²) in [5.41, 5.74) is 1.50. The van der Waals surface area contributed by atoms with Gasteiger partial charge in [0.2, 0.25) is 5.91 Å². The second kappa shape index (κ2) is 7.96. The van der Waals surface area contributed by atoms with Crippen molar-refractivity contribution in [1.29, 1.82) is 0 Å². The Morgan fingerprint density at radius 1 is 1.18 bits per heavy atom. The summed E-state index contributed by atoms with van der Waals surface area (Å²) in [6, 6.07) is 8.08. The number of piperidine rings is 1. The third-order valence-electron chi connectivity index (χ3n) is 5.65. The minimum absolute atomic E-state index is 0.0123. The zero-order valence-electron chi connectivity index (χ0n) is 16.0. The molecule has 7 heteroatoms. The number of carbonyl (C=O) groups is 2. The summed E-state index contributed by atoms with van der Waals surface area (Å²) in [5.74, 6) is 1.20. The lowest BCUT2D eigenvalue weighted by atomic mass is 9.90. The SMILES string of the molecule is CC(=O)NCC1C[C@H]2CC[C@@H](C1)N2C(=O)c1cccc(Nc2cnccn2)c1. The van der Waals surface area contributed by atoms with Gasteiger partial charge >= 0.3 is 0 Å². The third-order valence-corrected chi connectivity index (χ3v) is 5.65. The number of amides is 2. The highest BCUT2D eigenvalue weighted by Crippen LogP contribution is 2.39. The number of fused-ring (bicyclic) bond motifs is 2. The smallest absolute Gasteiger partial charge is 0.254 e. The molecule has 0 aliphatic carbocycles. The highest BCUT2D eigenvalue weighted by atomic mass is 16.2. The number of nitrogens with one attached hydrogen (secondary N) is 2. The third kappa shape index (κ3) is 3.98. The van der Waals surface area contributed by atoms with Gasteiger partial charge in [-0.1, -0.05) is 6.07 Å². The van der Waals surface area contributed by atoms with Crippen molar-refractivity contribution in [3.05, 3.63) is 48.4 Å². The van der Waals surface area contributed by atoms with Gasteiger partial charge in [-0.2, -0.15) is 0 Å². The van der Waals surface area contributed by atoms with Crippen LogP contribution >= 0.6 is 0 Å². The number of aromatic nitrogens is 2. The number of anilines is 2. The molecule has 2 fully saturated rings. The maximum absolute atomic E-state index is 13.2. The van der Waals surface area contributed by atoms with Gasteiger partial charge in [0.25, 0.3) is 5.91 Å². The molecule has 0 saturated carbocycles. The quantitative estimate of drug-likeness (QED) is 0.834. The van der Waals surface area contributed by atoms with Crippen LogP contribution in [-0.2, 0) is 4.79 Å². The van der Waals surface area contributed by atoms with Crippen LogP contribution in [0.15, 0.2) is 42.9 Å². The van der Waals surface area contributed by atoms with E-state index in [2.05, 4.69) is 25.5 Å². The van der Waals surface area contributed by atoms with E-state index in [0.717, 1.165) is 31.4 Å². The van der Waals surface area contributed by atoms with Crippen molar-refractivity contribution in [2.75, 3.05) is 11.9 Å². The average Bonchev–Trinajstić information content (AvgIpc) is 2.96. The number of hydrogen-bond donors (Lipinski definition) is 2. The molecule has 3 heterocycles. The Hall–Kier alpha value is -2.96. The normalized spacial score (nSPS) is 23.3. The van der Waals surface area contributed by atoms with E-state index in [1.807, 2.05) is 24.3 Å². The van der Waals surface area contributed by atoms with E-state index < -0.39 is 0 Å². The summed E-state index contributed by atoms with van der Waals surface area (Å²) >= 11 is 0. The fourth-order valence-electron chi connectivity index (χ4n) is 4.47. The number of benzene rings is 1. The fraction of sp³-hybridized carbons (Fsp3) is 0.429. The van der Waals surface area contributed by atoms with Crippen LogP contribution in [0.4, 0.5) is 11.5 Å². The Morgan fingerprint density at radius 3 is 2.64 bits per heavy atom. The van der Waals surface area contributed by atoms with Crippen molar-refractivity contribution in [3.63, 3.8) is 0 Å². The Balaban J connectivity index is 1.45. The molecule has 1 unspecified atom stereocenters. The van der Waals surface area contributed by atoms with Crippen molar-refractivity contribution in [2.45, 2.75) is 44.7 Å². The molecule has 146 valence electrons. The van der Waals surface area contributed by atoms with Gasteiger partial charge in [-0.25, -0.2) is 4.98 Å².